The van der Waals surface area contributed by atoms with Crippen LogP contribution in [0.25, 0.3) is 11.0 Å². The van der Waals surface area contributed by atoms with Gasteiger partial charge in [-0.1, -0.05) is 12.1 Å². The number of fused-ring (bicyclic) bond motifs is 1. The van der Waals surface area contributed by atoms with E-state index in [2.05, 4.69) is 0 Å². The second kappa shape index (κ2) is 4.62. The molecule has 1 heterocycles. The van der Waals surface area contributed by atoms with E-state index in [1.807, 2.05) is 39.0 Å². The number of ether oxygens (including phenoxy) is 1. The summed E-state index contributed by atoms with van der Waals surface area (Å²) in [6, 6.07) is 5.95. The number of esters is 1. The van der Waals surface area contributed by atoms with Crippen LogP contribution in [-0.2, 0) is 16.0 Å². The fraction of sp³-hybridized carbons (Fsp3) is 0.357. The molecule has 0 saturated carbocycles. The van der Waals surface area contributed by atoms with E-state index in [4.69, 9.17) is 9.15 Å². The molecule has 0 radical (unpaired) electrons. The van der Waals surface area contributed by atoms with Crippen LogP contribution in [0.3, 0.4) is 0 Å². The van der Waals surface area contributed by atoms with E-state index in [1.165, 1.54) is 0 Å². The first-order valence-electron chi connectivity index (χ1n) is 5.72. The molecule has 0 fully saturated rings. The molecule has 0 bridgehead atoms. The molecule has 0 saturated heterocycles. The monoisotopic (exact) mass is 232 g/mol. The number of hydrogen-bond acceptors (Lipinski definition) is 3. The highest BCUT2D eigenvalue weighted by Gasteiger charge is 2.12. The Balaban J connectivity index is 2.22. The Morgan fingerprint density at radius 1 is 1.41 bits per heavy atom. The van der Waals surface area contributed by atoms with Gasteiger partial charge in [0.05, 0.1) is 18.8 Å². The first-order valence-corrected chi connectivity index (χ1v) is 5.72. The van der Waals surface area contributed by atoms with Crippen molar-refractivity contribution in [2.45, 2.75) is 33.3 Å². The van der Waals surface area contributed by atoms with Crippen LogP contribution < -0.4 is 0 Å². The Hall–Kier alpha value is -1.77. The SMILES string of the molecule is Cc1ccc2c(CC(=O)OC(C)C)coc2c1. The first kappa shape index (κ1) is 11.7. The smallest absolute Gasteiger partial charge is 0.310 e. The number of furan rings is 1. The molecule has 0 amide bonds. The lowest BCUT2D eigenvalue weighted by Crippen LogP contribution is -2.13. The number of aryl methyl sites for hydroxylation is 1. The van der Waals surface area contributed by atoms with Gasteiger partial charge >= 0.3 is 5.97 Å². The molecule has 1 aromatic heterocycles. The fourth-order valence-electron chi connectivity index (χ4n) is 1.79. The third kappa shape index (κ3) is 2.67. The highest BCUT2D eigenvalue weighted by molar-refractivity contribution is 5.86. The number of carbonyl (C=O) groups excluding carboxylic acids is 1. The predicted octanol–water partition coefficient (Wildman–Crippen LogP) is 3.24. The predicted molar refractivity (Wildman–Crippen MR) is 65.9 cm³/mol. The molecule has 0 unspecified atom stereocenters. The van der Waals surface area contributed by atoms with Crippen molar-refractivity contribution in [3.63, 3.8) is 0 Å². The molecule has 0 aliphatic carbocycles. The number of rotatable bonds is 3. The Kier molecular flexibility index (Phi) is 3.18. The maximum absolute atomic E-state index is 11.6. The molecule has 1 aromatic carbocycles. The van der Waals surface area contributed by atoms with E-state index in [1.54, 1.807) is 6.26 Å². The van der Waals surface area contributed by atoms with Gasteiger partial charge in [0.25, 0.3) is 0 Å². The Bertz CT molecular complexity index is 537. The van der Waals surface area contributed by atoms with E-state index in [0.717, 1.165) is 22.1 Å². The number of carbonyl (C=O) groups is 1. The van der Waals surface area contributed by atoms with Crippen molar-refractivity contribution in [1.82, 2.24) is 0 Å². The molecule has 0 N–H and O–H groups in total. The molecule has 0 spiro atoms. The third-order valence-corrected chi connectivity index (χ3v) is 2.51. The molecule has 0 aliphatic heterocycles. The van der Waals surface area contributed by atoms with Gasteiger partial charge in [-0.25, -0.2) is 0 Å². The van der Waals surface area contributed by atoms with E-state index in [-0.39, 0.29) is 18.5 Å². The van der Waals surface area contributed by atoms with Gasteiger partial charge in [0.1, 0.15) is 5.58 Å². The second-order valence-corrected chi connectivity index (χ2v) is 4.48. The lowest BCUT2D eigenvalue weighted by atomic mass is 10.1. The van der Waals surface area contributed by atoms with E-state index < -0.39 is 0 Å². The van der Waals surface area contributed by atoms with Crippen molar-refractivity contribution < 1.29 is 13.9 Å². The lowest BCUT2D eigenvalue weighted by molar-refractivity contribution is -0.146. The van der Waals surface area contributed by atoms with Crippen molar-refractivity contribution >= 4 is 16.9 Å². The minimum atomic E-state index is -0.219. The fourth-order valence-corrected chi connectivity index (χ4v) is 1.79. The molecule has 90 valence electrons. The van der Waals surface area contributed by atoms with Gasteiger partial charge in [-0.3, -0.25) is 4.79 Å². The van der Waals surface area contributed by atoms with Crippen LogP contribution in [0.15, 0.2) is 28.9 Å². The van der Waals surface area contributed by atoms with Gasteiger partial charge in [0.2, 0.25) is 0 Å². The van der Waals surface area contributed by atoms with E-state index in [0.29, 0.717) is 0 Å². The number of benzene rings is 1. The molecule has 3 nitrogen and oxygen atoms in total. The highest BCUT2D eigenvalue weighted by Crippen LogP contribution is 2.22. The first-order chi connectivity index (χ1) is 8.06. The Morgan fingerprint density at radius 2 is 2.18 bits per heavy atom. The molecule has 0 atom stereocenters. The summed E-state index contributed by atoms with van der Waals surface area (Å²) in [5, 5.41) is 0.983. The van der Waals surface area contributed by atoms with Gasteiger partial charge in [0, 0.05) is 10.9 Å². The van der Waals surface area contributed by atoms with Crippen LogP contribution in [0, 0.1) is 6.92 Å². The average Bonchev–Trinajstić information content (AvgIpc) is 2.59. The molecule has 3 heteroatoms. The van der Waals surface area contributed by atoms with Gasteiger partial charge in [-0.05, 0) is 32.4 Å². The van der Waals surface area contributed by atoms with E-state index in [9.17, 15) is 4.79 Å². The van der Waals surface area contributed by atoms with Crippen molar-refractivity contribution in [2.75, 3.05) is 0 Å². The maximum atomic E-state index is 11.6. The normalized spacial score (nSPS) is 11.1. The Labute approximate surface area is 100 Å². The summed E-state index contributed by atoms with van der Waals surface area (Å²) in [7, 11) is 0. The molecule has 17 heavy (non-hydrogen) atoms. The quantitative estimate of drug-likeness (QED) is 0.763. The van der Waals surface area contributed by atoms with Crippen molar-refractivity contribution in [2.24, 2.45) is 0 Å². The summed E-state index contributed by atoms with van der Waals surface area (Å²) in [4.78, 5) is 11.6. The van der Waals surface area contributed by atoms with Crippen molar-refractivity contribution in [3.05, 3.63) is 35.6 Å². The van der Waals surface area contributed by atoms with Gasteiger partial charge in [-0.2, -0.15) is 0 Å². The topological polar surface area (TPSA) is 39.4 Å². The minimum Gasteiger partial charge on any atom is -0.464 e. The van der Waals surface area contributed by atoms with Gasteiger partial charge in [0.15, 0.2) is 0 Å². The highest BCUT2D eigenvalue weighted by atomic mass is 16.5. The summed E-state index contributed by atoms with van der Waals surface area (Å²) in [5.41, 5.74) is 2.84. The minimum absolute atomic E-state index is 0.0806. The molecular formula is C14H16O3. The second-order valence-electron chi connectivity index (χ2n) is 4.48. The zero-order chi connectivity index (χ0) is 12.4. The third-order valence-electron chi connectivity index (χ3n) is 2.51. The van der Waals surface area contributed by atoms with Crippen LogP contribution in [0.2, 0.25) is 0 Å². The van der Waals surface area contributed by atoms with E-state index >= 15 is 0 Å². The van der Waals surface area contributed by atoms with Crippen molar-refractivity contribution in [1.29, 1.82) is 0 Å². The summed E-state index contributed by atoms with van der Waals surface area (Å²) < 4.78 is 10.5. The average molecular weight is 232 g/mol. The maximum Gasteiger partial charge on any atom is 0.310 e. The van der Waals surface area contributed by atoms with Gasteiger partial charge < -0.3 is 9.15 Å². The summed E-state index contributed by atoms with van der Waals surface area (Å²) in [5.74, 6) is -0.219. The summed E-state index contributed by atoms with van der Waals surface area (Å²) >= 11 is 0. The van der Waals surface area contributed by atoms with Gasteiger partial charge in [-0.15, -0.1) is 0 Å². The molecule has 2 aromatic rings. The lowest BCUT2D eigenvalue weighted by Gasteiger charge is -2.06. The van der Waals surface area contributed by atoms with Crippen molar-refractivity contribution in [3.8, 4) is 0 Å². The largest absolute Gasteiger partial charge is 0.464 e. The molecule has 0 aliphatic rings. The molecule has 2 rings (SSSR count). The standard InChI is InChI=1S/C14H16O3/c1-9(2)17-14(15)7-11-8-16-13-6-10(3)4-5-12(11)13/h4-6,8-9H,7H2,1-3H3. The van der Waals surface area contributed by atoms with Crippen LogP contribution >= 0.6 is 0 Å². The van der Waals surface area contributed by atoms with Crippen LogP contribution in [0.4, 0.5) is 0 Å². The molecular weight excluding hydrogens is 216 g/mol. The Morgan fingerprint density at radius 3 is 2.88 bits per heavy atom. The zero-order valence-corrected chi connectivity index (χ0v) is 10.3. The number of hydrogen-bond donors (Lipinski definition) is 0. The van der Waals surface area contributed by atoms with Crippen LogP contribution in [0.5, 0.6) is 0 Å². The van der Waals surface area contributed by atoms with Crippen LogP contribution in [0.1, 0.15) is 25.0 Å². The zero-order valence-electron chi connectivity index (χ0n) is 10.3. The van der Waals surface area contributed by atoms with Crippen LogP contribution in [-0.4, -0.2) is 12.1 Å². The summed E-state index contributed by atoms with van der Waals surface area (Å²) in [6.07, 6.45) is 1.81. The summed E-state index contributed by atoms with van der Waals surface area (Å²) in [6.45, 7) is 5.69.